The molecule has 3 aromatic rings. The van der Waals surface area contributed by atoms with Gasteiger partial charge in [0.25, 0.3) is 0 Å². The van der Waals surface area contributed by atoms with Crippen LogP contribution < -0.4 is 0 Å². The van der Waals surface area contributed by atoms with Gasteiger partial charge in [-0.05, 0) is 32.9 Å². The molecule has 0 radical (unpaired) electrons. The average Bonchev–Trinajstić information content (AvgIpc) is 3.16. The summed E-state index contributed by atoms with van der Waals surface area (Å²) in [5, 5.41) is 0. The summed E-state index contributed by atoms with van der Waals surface area (Å²) < 4.78 is 13.5. The predicted octanol–water partition coefficient (Wildman–Crippen LogP) is 3.99. The summed E-state index contributed by atoms with van der Waals surface area (Å²) in [6, 6.07) is 9.93. The van der Waals surface area contributed by atoms with E-state index in [9.17, 15) is 0 Å². The Morgan fingerprint density at radius 1 is 1.26 bits per heavy atom. The highest BCUT2D eigenvalue weighted by Crippen LogP contribution is 2.23. The summed E-state index contributed by atoms with van der Waals surface area (Å²) in [7, 11) is 0. The molecule has 5 heteroatoms. The summed E-state index contributed by atoms with van der Waals surface area (Å²) in [6.07, 6.45) is 3.69. The number of rotatable bonds is 6. The van der Waals surface area contributed by atoms with Crippen LogP contribution in [-0.2, 0) is 11.3 Å². The minimum absolute atomic E-state index is 0.0456. The molecule has 0 aliphatic carbocycles. The first-order valence-corrected chi connectivity index (χ1v) is 7.83. The molecular weight excluding hydrogens is 290 g/mol. The quantitative estimate of drug-likeness (QED) is 0.690. The molecule has 23 heavy (non-hydrogen) atoms. The van der Waals surface area contributed by atoms with Crippen molar-refractivity contribution in [2.45, 2.75) is 33.4 Å². The van der Waals surface area contributed by atoms with Crippen LogP contribution in [-0.4, -0.2) is 21.1 Å². The number of oxazole rings is 1. The molecule has 0 N–H and O–H groups in total. The first kappa shape index (κ1) is 15.5. The highest BCUT2D eigenvalue weighted by Gasteiger charge is 2.16. The van der Waals surface area contributed by atoms with Gasteiger partial charge >= 0.3 is 0 Å². The number of imidazole rings is 1. The molecule has 0 bridgehead atoms. The number of benzene rings is 1. The summed E-state index contributed by atoms with van der Waals surface area (Å²) in [5.41, 5.74) is 1.89. The van der Waals surface area contributed by atoms with Crippen LogP contribution >= 0.6 is 0 Å². The van der Waals surface area contributed by atoms with Gasteiger partial charge in [-0.15, -0.1) is 0 Å². The van der Waals surface area contributed by atoms with Crippen molar-refractivity contribution in [3.63, 3.8) is 0 Å². The molecule has 0 saturated heterocycles. The molecule has 0 amide bonds. The van der Waals surface area contributed by atoms with E-state index in [1.165, 1.54) is 0 Å². The summed E-state index contributed by atoms with van der Waals surface area (Å²) in [5.74, 6) is 2.38. The molecule has 0 saturated carbocycles. The van der Waals surface area contributed by atoms with Gasteiger partial charge in [-0.1, -0.05) is 18.2 Å². The van der Waals surface area contributed by atoms with Crippen molar-refractivity contribution >= 4 is 0 Å². The Bertz CT molecular complexity index is 762. The second kappa shape index (κ2) is 6.79. The summed E-state index contributed by atoms with van der Waals surface area (Å²) in [6.45, 7) is 7.21. The van der Waals surface area contributed by atoms with Gasteiger partial charge in [-0.2, -0.15) is 0 Å². The fraction of sp³-hybridized carbons (Fsp3) is 0.333. The van der Waals surface area contributed by atoms with E-state index in [-0.39, 0.29) is 6.10 Å². The van der Waals surface area contributed by atoms with Crippen LogP contribution in [0.5, 0.6) is 0 Å². The lowest BCUT2D eigenvalue weighted by molar-refractivity contribution is 0.0677. The first-order chi connectivity index (χ1) is 11.2. The Hall–Kier alpha value is -2.40. The van der Waals surface area contributed by atoms with Crippen molar-refractivity contribution in [1.29, 1.82) is 0 Å². The largest absolute Gasteiger partial charge is 0.441 e. The Labute approximate surface area is 136 Å². The normalized spacial score (nSPS) is 12.5. The van der Waals surface area contributed by atoms with Gasteiger partial charge in [0.2, 0.25) is 5.89 Å². The van der Waals surface area contributed by atoms with Crippen LogP contribution in [0.4, 0.5) is 0 Å². The highest BCUT2D eigenvalue weighted by atomic mass is 16.5. The number of nitrogens with zero attached hydrogens (tertiary/aromatic N) is 3. The molecule has 1 aromatic carbocycles. The van der Waals surface area contributed by atoms with Gasteiger partial charge < -0.3 is 13.7 Å². The van der Waals surface area contributed by atoms with Crippen LogP contribution in [0.25, 0.3) is 11.5 Å². The number of hydrogen-bond acceptors (Lipinski definition) is 4. The van der Waals surface area contributed by atoms with E-state index in [1.807, 2.05) is 57.3 Å². The monoisotopic (exact) mass is 311 g/mol. The molecule has 3 rings (SSSR count). The van der Waals surface area contributed by atoms with Gasteiger partial charge in [-0.25, -0.2) is 9.97 Å². The second-order valence-electron chi connectivity index (χ2n) is 5.40. The number of ether oxygens (including phenoxy) is 1. The van der Waals surface area contributed by atoms with E-state index in [0.717, 1.165) is 22.8 Å². The number of hydrogen-bond donors (Lipinski definition) is 0. The molecule has 2 aromatic heterocycles. The molecule has 5 nitrogen and oxygen atoms in total. The Balaban J connectivity index is 1.85. The zero-order chi connectivity index (χ0) is 16.2. The third-order valence-electron chi connectivity index (χ3n) is 3.76. The minimum Gasteiger partial charge on any atom is -0.441 e. The van der Waals surface area contributed by atoms with Gasteiger partial charge in [0.05, 0.1) is 6.54 Å². The van der Waals surface area contributed by atoms with Crippen LogP contribution in [0.15, 0.2) is 47.1 Å². The molecule has 0 fully saturated rings. The maximum Gasteiger partial charge on any atom is 0.226 e. The van der Waals surface area contributed by atoms with Gasteiger partial charge in [0.1, 0.15) is 23.4 Å². The molecule has 0 spiro atoms. The lowest BCUT2D eigenvalue weighted by Gasteiger charge is -2.13. The Morgan fingerprint density at radius 3 is 2.78 bits per heavy atom. The molecular formula is C18H21N3O2. The van der Waals surface area contributed by atoms with Crippen molar-refractivity contribution in [2.75, 3.05) is 6.61 Å². The van der Waals surface area contributed by atoms with Crippen LogP contribution in [0.1, 0.15) is 37.2 Å². The fourth-order valence-corrected chi connectivity index (χ4v) is 2.58. The van der Waals surface area contributed by atoms with E-state index in [1.54, 1.807) is 6.20 Å². The standard InChI is InChI=1S/C18H21N3O2/c1-4-22-14(3)17-19-10-11-21(17)12-16-13(2)23-18(20-16)15-8-6-5-7-9-15/h5-11,14H,4,12H2,1-3H3/t14-/m0/s1. The highest BCUT2D eigenvalue weighted by molar-refractivity contribution is 5.53. The van der Waals surface area contributed by atoms with Crippen molar-refractivity contribution in [3.8, 4) is 11.5 Å². The zero-order valence-corrected chi connectivity index (χ0v) is 13.7. The molecule has 120 valence electrons. The van der Waals surface area contributed by atoms with Gasteiger partial charge in [0, 0.05) is 24.6 Å². The topological polar surface area (TPSA) is 53.1 Å². The Kier molecular flexibility index (Phi) is 4.57. The lowest BCUT2D eigenvalue weighted by atomic mass is 10.2. The van der Waals surface area contributed by atoms with Crippen LogP contribution in [0, 0.1) is 6.92 Å². The van der Waals surface area contributed by atoms with E-state index in [4.69, 9.17) is 9.15 Å². The van der Waals surface area contributed by atoms with Crippen molar-refractivity contribution in [3.05, 3.63) is 60.0 Å². The zero-order valence-electron chi connectivity index (χ0n) is 13.7. The minimum atomic E-state index is -0.0456. The third-order valence-corrected chi connectivity index (χ3v) is 3.76. The predicted molar refractivity (Wildman–Crippen MR) is 88.0 cm³/mol. The Morgan fingerprint density at radius 2 is 2.04 bits per heavy atom. The van der Waals surface area contributed by atoms with Crippen LogP contribution in [0.3, 0.4) is 0 Å². The lowest BCUT2D eigenvalue weighted by Crippen LogP contribution is -2.10. The van der Waals surface area contributed by atoms with E-state index in [0.29, 0.717) is 19.0 Å². The maximum absolute atomic E-state index is 5.82. The smallest absolute Gasteiger partial charge is 0.226 e. The molecule has 0 aliphatic rings. The summed E-state index contributed by atoms with van der Waals surface area (Å²) in [4.78, 5) is 9.05. The van der Waals surface area contributed by atoms with Gasteiger partial charge in [-0.3, -0.25) is 0 Å². The number of aromatic nitrogens is 3. The first-order valence-electron chi connectivity index (χ1n) is 7.83. The van der Waals surface area contributed by atoms with Crippen molar-refractivity contribution in [1.82, 2.24) is 14.5 Å². The van der Waals surface area contributed by atoms with E-state index < -0.39 is 0 Å². The van der Waals surface area contributed by atoms with Crippen molar-refractivity contribution < 1.29 is 9.15 Å². The molecule has 2 heterocycles. The second-order valence-corrected chi connectivity index (χ2v) is 5.40. The van der Waals surface area contributed by atoms with Gasteiger partial charge in [0.15, 0.2) is 0 Å². The van der Waals surface area contributed by atoms with E-state index >= 15 is 0 Å². The average molecular weight is 311 g/mol. The molecule has 1 atom stereocenters. The molecule has 0 unspecified atom stereocenters. The molecule has 0 aliphatic heterocycles. The van der Waals surface area contributed by atoms with Crippen molar-refractivity contribution in [2.24, 2.45) is 0 Å². The van der Waals surface area contributed by atoms with E-state index in [2.05, 4.69) is 14.5 Å². The summed E-state index contributed by atoms with van der Waals surface area (Å²) >= 11 is 0. The van der Waals surface area contributed by atoms with Crippen LogP contribution in [0.2, 0.25) is 0 Å². The maximum atomic E-state index is 5.82. The fourth-order valence-electron chi connectivity index (χ4n) is 2.58. The SMILES string of the molecule is CCO[C@@H](C)c1nccn1Cc1nc(-c2ccccc2)oc1C. The number of aryl methyl sites for hydroxylation is 1. The third kappa shape index (κ3) is 3.35.